The molecule has 24 heavy (non-hydrogen) atoms. The quantitative estimate of drug-likeness (QED) is 0.857. The summed E-state index contributed by atoms with van der Waals surface area (Å²) < 4.78 is 0. The minimum absolute atomic E-state index is 0.0960. The van der Waals surface area contributed by atoms with Gasteiger partial charge in [-0.2, -0.15) is 0 Å². The molecule has 0 fully saturated rings. The fourth-order valence-corrected chi connectivity index (χ4v) is 2.24. The molecule has 0 radical (unpaired) electrons. The van der Waals surface area contributed by atoms with E-state index >= 15 is 0 Å². The molecular weight excluding hydrogens is 304 g/mol. The van der Waals surface area contributed by atoms with Crippen molar-refractivity contribution in [3.05, 3.63) is 65.2 Å². The van der Waals surface area contributed by atoms with Crippen LogP contribution in [0.2, 0.25) is 0 Å². The van der Waals surface area contributed by atoms with E-state index in [0.717, 1.165) is 5.56 Å². The average molecular weight is 326 g/mol. The molecule has 0 spiro atoms. The first-order valence-corrected chi connectivity index (χ1v) is 7.91. The van der Waals surface area contributed by atoms with Gasteiger partial charge in [-0.1, -0.05) is 18.2 Å². The fraction of sp³-hybridized carbons (Fsp3) is 0.263. The highest BCUT2D eigenvalue weighted by Gasteiger charge is 2.13. The van der Waals surface area contributed by atoms with Crippen LogP contribution in [0.25, 0.3) is 0 Å². The van der Waals surface area contributed by atoms with Gasteiger partial charge in [0, 0.05) is 37.0 Å². The molecule has 0 bridgehead atoms. The first-order valence-electron chi connectivity index (χ1n) is 7.91. The van der Waals surface area contributed by atoms with Crippen molar-refractivity contribution in [2.75, 3.05) is 25.5 Å². The van der Waals surface area contributed by atoms with Gasteiger partial charge in [0.05, 0.1) is 0 Å². The summed E-state index contributed by atoms with van der Waals surface area (Å²) in [6.45, 7) is 2.60. The number of carbonyl (C=O) groups excluding carboxylic acids is 2. The third kappa shape index (κ3) is 4.43. The topological polar surface area (TPSA) is 69.6 Å². The molecule has 0 aliphatic heterocycles. The van der Waals surface area contributed by atoms with Crippen molar-refractivity contribution < 1.29 is 14.7 Å². The highest BCUT2D eigenvalue weighted by molar-refractivity contribution is 6.06. The molecule has 0 aromatic heterocycles. The molecule has 0 aliphatic carbocycles. The second-order valence-corrected chi connectivity index (χ2v) is 5.52. The fourth-order valence-electron chi connectivity index (χ4n) is 2.24. The maximum absolute atomic E-state index is 12.4. The first kappa shape index (κ1) is 17.7. The molecule has 126 valence electrons. The summed E-state index contributed by atoms with van der Waals surface area (Å²) in [5, 5.41) is 11.7. The number of aliphatic hydroxyl groups is 1. The van der Waals surface area contributed by atoms with Crippen molar-refractivity contribution in [3.8, 4) is 0 Å². The van der Waals surface area contributed by atoms with Crippen LogP contribution in [-0.4, -0.2) is 42.0 Å². The largest absolute Gasteiger partial charge is 0.396 e. The van der Waals surface area contributed by atoms with Crippen molar-refractivity contribution in [2.24, 2.45) is 0 Å². The number of nitrogens with zero attached hydrogens (tertiary/aromatic N) is 1. The summed E-state index contributed by atoms with van der Waals surface area (Å²) in [4.78, 5) is 26.1. The smallest absolute Gasteiger partial charge is 0.255 e. The molecule has 2 N–H and O–H groups in total. The molecule has 5 heteroatoms. The van der Waals surface area contributed by atoms with E-state index in [1.807, 2.05) is 19.1 Å². The molecule has 2 rings (SSSR count). The molecule has 0 saturated carbocycles. The van der Waals surface area contributed by atoms with Gasteiger partial charge in [0.1, 0.15) is 0 Å². The number of anilines is 1. The average Bonchev–Trinajstić information content (AvgIpc) is 2.62. The Morgan fingerprint density at radius 2 is 1.75 bits per heavy atom. The maximum Gasteiger partial charge on any atom is 0.255 e. The summed E-state index contributed by atoms with van der Waals surface area (Å²) >= 11 is 0. The molecule has 0 saturated heterocycles. The Morgan fingerprint density at radius 1 is 1.08 bits per heavy atom. The van der Waals surface area contributed by atoms with E-state index in [0.29, 0.717) is 29.8 Å². The Labute approximate surface area is 141 Å². The number of aliphatic hydroxyl groups excluding tert-OH is 1. The standard InChI is InChI=1S/C19H22N2O3/c1-3-21(2)19(24)16-6-4-5-15(13-16)18(23)20-17-9-7-14(8-10-17)11-12-22/h4-10,13,22H,3,11-12H2,1-2H3,(H,20,23). The Kier molecular flexibility index (Phi) is 6.09. The van der Waals surface area contributed by atoms with Gasteiger partial charge >= 0.3 is 0 Å². The van der Waals surface area contributed by atoms with Gasteiger partial charge in [-0.15, -0.1) is 0 Å². The van der Waals surface area contributed by atoms with Gasteiger partial charge in [-0.25, -0.2) is 0 Å². The van der Waals surface area contributed by atoms with Crippen LogP contribution in [0.1, 0.15) is 33.2 Å². The van der Waals surface area contributed by atoms with E-state index in [9.17, 15) is 9.59 Å². The highest BCUT2D eigenvalue weighted by atomic mass is 16.3. The second-order valence-electron chi connectivity index (χ2n) is 5.52. The molecule has 2 aromatic carbocycles. The van der Waals surface area contributed by atoms with E-state index in [-0.39, 0.29) is 18.4 Å². The lowest BCUT2D eigenvalue weighted by molar-refractivity contribution is 0.0802. The Balaban J connectivity index is 2.11. The number of benzene rings is 2. The zero-order chi connectivity index (χ0) is 17.5. The van der Waals surface area contributed by atoms with Crippen LogP contribution >= 0.6 is 0 Å². The van der Waals surface area contributed by atoms with Gasteiger partial charge in [0.15, 0.2) is 0 Å². The minimum Gasteiger partial charge on any atom is -0.396 e. The summed E-state index contributed by atoms with van der Waals surface area (Å²) in [6.07, 6.45) is 0.587. The molecule has 0 aliphatic rings. The lowest BCUT2D eigenvalue weighted by Gasteiger charge is -2.15. The van der Waals surface area contributed by atoms with Crippen LogP contribution in [-0.2, 0) is 6.42 Å². The monoisotopic (exact) mass is 326 g/mol. The van der Waals surface area contributed by atoms with E-state index < -0.39 is 0 Å². The molecule has 2 aromatic rings. The van der Waals surface area contributed by atoms with E-state index in [1.54, 1.807) is 48.3 Å². The number of hydrogen-bond donors (Lipinski definition) is 2. The molecule has 0 unspecified atom stereocenters. The van der Waals surface area contributed by atoms with Gasteiger partial charge < -0.3 is 15.3 Å². The number of nitrogens with one attached hydrogen (secondary N) is 1. The third-order valence-corrected chi connectivity index (χ3v) is 3.81. The Bertz CT molecular complexity index is 711. The minimum atomic E-state index is -0.265. The van der Waals surface area contributed by atoms with Crippen molar-refractivity contribution >= 4 is 17.5 Å². The summed E-state index contributed by atoms with van der Waals surface area (Å²) in [6, 6.07) is 14.0. The number of hydrogen-bond acceptors (Lipinski definition) is 3. The van der Waals surface area contributed by atoms with E-state index in [1.165, 1.54) is 0 Å². The molecular formula is C19H22N2O3. The molecule has 5 nitrogen and oxygen atoms in total. The van der Waals surface area contributed by atoms with Crippen LogP contribution < -0.4 is 5.32 Å². The Hall–Kier alpha value is -2.66. The summed E-state index contributed by atoms with van der Waals surface area (Å²) in [7, 11) is 1.73. The maximum atomic E-state index is 12.4. The Morgan fingerprint density at radius 3 is 2.38 bits per heavy atom. The van der Waals surface area contributed by atoms with Gasteiger partial charge in [0.25, 0.3) is 11.8 Å². The molecule has 0 atom stereocenters. The van der Waals surface area contributed by atoms with Crippen LogP contribution in [0.15, 0.2) is 48.5 Å². The zero-order valence-corrected chi connectivity index (χ0v) is 14.0. The molecule has 0 heterocycles. The first-order chi connectivity index (χ1) is 11.5. The SMILES string of the molecule is CCN(C)C(=O)c1cccc(C(=O)Nc2ccc(CCO)cc2)c1. The number of amides is 2. The lowest BCUT2D eigenvalue weighted by atomic mass is 10.1. The van der Waals surface area contributed by atoms with Crippen LogP contribution in [0, 0.1) is 0 Å². The summed E-state index contributed by atoms with van der Waals surface area (Å²) in [5.41, 5.74) is 2.60. The normalized spacial score (nSPS) is 10.3. The van der Waals surface area contributed by atoms with Crippen molar-refractivity contribution in [3.63, 3.8) is 0 Å². The van der Waals surface area contributed by atoms with Gasteiger partial charge in [-0.3, -0.25) is 9.59 Å². The third-order valence-electron chi connectivity index (χ3n) is 3.81. The van der Waals surface area contributed by atoms with E-state index in [2.05, 4.69) is 5.32 Å². The zero-order valence-electron chi connectivity index (χ0n) is 14.0. The predicted molar refractivity (Wildman–Crippen MR) is 94.3 cm³/mol. The van der Waals surface area contributed by atoms with Crippen molar-refractivity contribution in [1.29, 1.82) is 0 Å². The van der Waals surface area contributed by atoms with Crippen LogP contribution in [0.4, 0.5) is 5.69 Å². The van der Waals surface area contributed by atoms with Crippen molar-refractivity contribution in [2.45, 2.75) is 13.3 Å². The van der Waals surface area contributed by atoms with Crippen molar-refractivity contribution in [1.82, 2.24) is 4.90 Å². The predicted octanol–water partition coefficient (Wildman–Crippen LogP) is 2.57. The van der Waals surface area contributed by atoms with E-state index in [4.69, 9.17) is 5.11 Å². The second kappa shape index (κ2) is 8.26. The van der Waals surface area contributed by atoms with Gasteiger partial charge in [-0.05, 0) is 49.2 Å². The van der Waals surface area contributed by atoms with Crippen LogP contribution in [0.5, 0.6) is 0 Å². The number of carbonyl (C=O) groups is 2. The lowest BCUT2D eigenvalue weighted by Crippen LogP contribution is -2.26. The highest BCUT2D eigenvalue weighted by Crippen LogP contribution is 2.13. The van der Waals surface area contributed by atoms with Gasteiger partial charge in [0.2, 0.25) is 0 Å². The molecule has 2 amide bonds. The van der Waals surface area contributed by atoms with Crippen LogP contribution in [0.3, 0.4) is 0 Å². The summed E-state index contributed by atoms with van der Waals surface area (Å²) in [5.74, 6) is -0.376. The number of rotatable bonds is 6.